The number of hydrogen-bond donors (Lipinski definition) is 1. The van der Waals surface area contributed by atoms with E-state index < -0.39 is 17.7 Å². The lowest BCUT2D eigenvalue weighted by molar-refractivity contribution is -0.143. The van der Waals surface area contributed by atoms with Gasteiger partial charge in [0.25, 0.3) is 5.91 Å². The molecular weight excluding hydrogens is 762 g/mol. The molecule has 1 aromatic carbocycles. The van der Waals surface area contributed by atoms with E-state index in [0.717, 1.165) is 89.2 Å². The van der Waals surface area contributed by atoms with Crippen molar-refractivity contribution in [1.29, 1.82) is 0 Å². The van der Waals surface area contributed by atoms with Gasteiger partial charge in [0.1, 0.15) is 11.6 Å². The Labute approximate surface area is 367 Å². The Morgan fingerprint density at radius 1 is 0.508 bits per heavy atom. The second kappa shape index (κ2) is 41.2. The summed E-state index contributed by atoms with van der Waals surface area (Å²) in [7, 11) is 0. The van der Waals surface area contributed by atoms with Gasteiger partial charge in [-0.15, -0.1) is 0 Å². The molecule has 1 amide bonds. The monoisotopic (exact) mass is 834 g/mol. The predicted octanol–water partition coefficient (Wildman–Crippen LogP) is 14.3. The number of esters is 2. The van der Waals surface area contributed by atoms with Gasteiger partial charge in [0.2, 0.25) is 0 Å². The third-order valence-corrected chi connectivity index (χ3v) is 8.50. The Morgan fingerprint density at radius 3 is 1.26 bits per heavy atom. The van der Waals surface area contributed by atoms with Crippen LogP contribution in [0, 0.1) is 5.82 Å². The lowest BCUT2D eigenvalue weighted by Gasteiger charge is -2.11. The van der Waals surface area contributed by atoms with E-state index in [0.29, 0.717) is 19.3 Å². The maximum atomic E-state index is 14.0. The summed E-state index contributed by atoms with van der Waals surface area (Å²) in [5.41, 5.74) is -0.0735. The molecule has 0 aliphatic heterocycles. The van der Waals surface area contributed by atoms with E-state index in [-0.39, 0.29) is 43.3 Å². The van der Waals surface area contributed by atoms with Gasteiger partial charge in [-0.25, -0.2) is 4.39 Å². The smallest absolute Gasteiger partial charge is 0.311 e. The van der Waals surface area contributed by atoms with Crippen LogP contribution < -0.4 is 10.1 Å². The average molecular weight is 834 g/mol. The summed E-state index contributed by atoms with van der Waals surface area (Å²) in [4.78, 5) is 37.4. The number of nitrogens with one attached hydrogen (secondary N) is 1. The number of rotatable bonds is 34. The van der Waals surface area contributed by atoms with Crippen LogP contribution in [0.5, 0.6) is 5.75 Å². The van der Waals surface area contributed by atoms with Crippen molar-refractivity contribution >= 4 is 17.8 Å². The SMILES string of the molecule is CCC=CCC=CCC=CCC=CCC=CCC=CCCC(=O)OCCCNC(=O)c1cc(F)ccc1OC(=O)CCC=CCC=CCC=CCC=CCC=CCC=CCC. The normalized spacial score (nSPS) is 12.8. The van der Waals surface area contributed by atoms with Crippen LogP contribution in [0.25, 0.3) is 0 Å². The van der Waals surface area contributed by atoms with E-state index in [9.17, 15) is 18.8 Å². The van der Waals surface area contributed by atoms with Gasteiger partial charge in [-0.1, -0.05) is 160 Å². The van der Waals surface area contributed by atoms with Crippen LogP contribution in [0.3, 0.4) is 0 Å². The first-order valence-electron chi connectivity index (χ1n) is 22.2. The van der Waals surface area contributed by atoms with Crippen LogP contribution in [-0.4, -0.2) is 31.0 Å². The largest absolute Gasteiger partial charge is 0.466 e. The zero-order chi connectivity index (χ0) is 44.1. The van der Waals surface area contributed by atoms with Gasteiger partial charge in [-0.05, 0) is 115 Å². The van der Waals surface area contributed by atoms with Gasteiger partial charge >= 0.3 is 11.9 Å². The molecule has 1 rings (SSSR count). The molecule has 0 spiro atoms. The molecule has 0 saturated heterocycles. The number of ether oxygens (including phenoxy) is 2. The Bertz CT molecular complexity index is 1700. The highest BCUT2D eigenvalue weighted by molar-refractivity contribution is 5.97. The molecule has 6 nitrogen and oxygen atoms in total. The van der Waals surface area contributed by atoms with Gasteiger partial charge in [-0.2, -0.15) is 0 Å². The molecule has 0 aromatic heterocycles. The minimum absolute atomic E-state index is 0.00696. The molecule has 0 unspecified atom stereocenters. The molecule has 0 radical (unpaired) electrons. The minimum Gasteiger partial charge on any atom is -0.466 e. The summed E-state index contributed by atoms with van der Waals surface area (Å²) >= 11 is 0. The van der Waals surface area contributed by atoms with Crippen LogP contribution in [0.2, 0.25) is 0 Å². The highest BCUT2D eigenvalue weighted by atomic mass is 19.1. The summed E-state index contributed by atoms with van der Waals surface area (Å²) in [6, 6.07) is 3.46. The Hall–Kier alpha value is -5.56. The number of carbonyl (C=O) groups excluding carboxylic acids is 3. The zero-order valence-electron chi connectivity index (χ0n) is 36.9. The van der Waals surface area contributed by atoms with Crippen LogP contribution in [0.4, 0.5) is 4.39 Å². The fraction of sp³-hybridized carbons (Fsp3) is 0.389. The van der Waals surface area contributed by atoms with Crippen molar-refractivity contribution in [2.45, 2.75) is 123 Å². The lowest BCUT2D eigenvalue weighted by atomic mass is 10.1. The number of hydrogen-bond acceptors (Lipinski definition) is 5. The molecule has 330 valence electrons. The fourth-order valence-corrected chi connectivity index (χ4v) is 5.25. The molecule has 1 N–H and O–H groups in total. The molecule has 1 aromatic rings. The second-order valence-corrected chi connectivity index (χ2v) is 13.9. The van der Waals surface area contributed by atoms with Crippen molar-refractivity contribution < 1.29 is 28.2 Å². The van der Waals surface area contributed by atoms with E-state index in [1.54, 1.807) is 0 Å². The van der Waals surface area contributed by atoms with Crippen molar-refractivity contribution in [3.8, 4) is 5.75 Å². The van der Waals surface area contributed by atoms with Gasteiger partial charge in [0.05, 0.1) is 12.2 Å². The molecule has 7 heteroatoms. The molecule has 61 heavy (non-hydrogen) atoms. The lowest BCUT2D eigenvalue weighted by Crippen LogP contribution is -2.26. The van der Waals surface area contributed by atoms with Crippen LogP contribution in [-0.2, 0) is 14.3 Å². The standard InChI is InChI=1S/C54H72FNO5/c1-3-5-7-9-11-13-15-17-19-21-23-25-27-29-31-33-35-37-39-42-52(57)60-47-41-46-56-54(59)50-48-49(55)44-45-51(50)61-53(58)43-40-38-36-34-32-30-28-26-24-22-20-18-16-14-12-10-8-6-4-2/h5-8,11-14,17-20,23-26,29-32,35-38,44-45,48H,3-4,9-10,15-16,21-22,27-28,33-34,39-43,46-47H2,1-2H3,(H,56,59). The van der Waals surface area contributed by atoms with Gasteiger partial charge in [0.15, 0.2) is 0 Å². The summed E-state index contributed by atoms with van der Waals surface area (Å²) in [6.45, 7) is 4.62. The van der Waals surface area contributed by atoms with E-state index in [1.165, 1.54) is 6.07 Å². The van der Waals surface area contributed by atoms with Crippen molar-refractivity contribution in [1.82, 2.24) is 5.32 Å². The molecule has 0 fully saturated rings. The summed E-state index contributed by atoms with van der Waals surface area (Å²) in [5, 5.41) is 2.68. The maximum Gasteiger partial charge on any atom is 0.311 e. The molecule has 0 aliphatic rings. The highest BCUT2D eigenvalue weighted by Crippen LogP contribution is 2.21. The number of benzene rings is 1. The van der Waals surface area contributed by atoms with Crippen LogP contribution in [0.1, 0.15) is 133 Å². The van der Waals surface area contributed by atoms with Crippen molar-refractivity contribution in [2.24, 2.45) is 0 Å². The second-order valence-electron chi connectivity index (χ2n) is 13.9. The average Bonchev–Trinajstić information content (AvgIpc) is 3.25. The molecular formula is C54H72FNO5. The molecule has 0 aliphatic carbocycles. The van der Waals surface area contributed by atoms with E-state index in [4.69, 9.17) is 9.47 Å². The van der Waals surface area contributed by atoms with Gasteiger partial charge in [-0.3, -0.25) is 14.4 Å². The maximum absolute atomic E-state index is 14.0. The van der Waals surface area contributed by atoms with Crippen LogP contribution in [0.15, 0.2) is 164 Å². The van der Waals surface area contributed by atoms with Crippen molar-refractivity contribution in [3.63, 3.8) is 0 Å². The third kappa shape index (κ3) is 35.0. The predicted molar refractivity (Wildman–Crippen MR) is 255 cm³/mol. The van der Waals surface area contributed by atoms with Gasteiger partial charge < -0.3 is 14.8 Å². The first kappa shape index (κ1) is 53.5. The summed E-state index contributed by atoms with van der Waals surface area (Å²) < 4.78 is 24.7. The van der Waals surface area contributed by atoms with Crippen LogP contribution >= 0.6 is 0 Å². The Balaban J connectivity index is 2.19. The topological polar surface area (TPSA) is 81.7 Å². The highest BCUT2D eigenvalue weighted by Gasteiger charge is 2.16. The summed E-state index contributed by atoms with van der Waals surface area (Å²) in [6.07, 6.45) is 64.2. The number of halogens is 1. The number of allylic oxidation sites excluding steroid dienone is 24. The molecule has 0 bridgehead atoms. The first-order valence-corrected chi connectivity index (χ1v) is 22.2. The van der Waals surface area contributed by atoms with E-state index in [2.05, 4.69) is 141 Å². The Kier molecular flexibility index (Phi) is 36.1. The molecule has 0 saturated carbocycles. The fourth-order valence-electron chi connectivity index (χ4n) is 5.25. The third-order valence-electron chi connectivity index (χ3n) is 8.50. The zero-order valence-corrected chi connectivity index (χ0v) is 36.9. The van der Waals surface area contributed by atoms with Gasteiger partial charge in [0, 0.05) is 19.4 Å². The van der Waals surface area contributed by atoms with E-state index >= 15 is 0 Å². The van der Waals surface area contributed by atoms with E-state index in [1.807, 2.05) is 24.3 Å². The number of amides is 1. The summed E-state index contributed by atoms with van der Waals surface area (Å²) in [5.74, 6) is -2.04. The van der Waals surface area contributed by atoms with Crippen molar-refractivity contribution in [2.75, 3.05) is 13.2 Å². The quantitative estimate of drug-likeness (QED) is 0.0324. The molecule has 0 heterocycles. The molecule has 0 atom stereocenters. The first-order chi connectivity index (χ1) is 30.0. The minimum atomic E-state index is -0.622. The van der Waals surface area contributed by atoms with Crippen molar-refractivity contribution in [3.05, 3.63) is 175 Å². The number of carbonyl (C=O) groups is 3. The Morgan fingerprint density at radius 2 is 0.869 bits per heavy atom.